The van der Waals surface area contributed by atoms with Crippen LogP contribution >= 0.6 is 0 Å². The van der Waals surface area contributed by atoms with Gasteiger partial charge >= 0.3 is 5.97 Å². The molecule has 3 N–H and O–H groups in total. The van der Waals surface area contributed by atoms with Crippen LogP contribution in [0.3, 0.4) is 0 Å². The molecule has 0 aromatic carbocycles. The first kappa shape index (κ1) is 56.6. The number of carbonyl (C=O) groups excluding carboxylic acids is 2. The van der Waals surface area contributed by atoms with E-state index in [1.807, 2.05) is 0 Å². The first-order chi connectivity index (χ1) is 28.5. The Labute approximate surface area is 361 Å². The minimum Gasteiger partial charge on any atom is -0.462 e. The maximum atomic E-state index is 13.2. The van der Waals surface area contributed by atoms with Crippen molar-refractivity contribution in [2.75, 3.05) is 6.61 Å². The molecule has 0 heterocycles. The summed E-state index contributed by atoms with van der Waals surface area (Å²) in [5.74, 6) is -0.487. The average Bonchev–Trinajstić information content (AvgIpc) is 3.22. The lowest BCUT2D eigenvalue weighted by atomic mass is 10.0. The van der Waals surface area contributed by atoms with Crippen molar-refractivity contribution < 1.29 is 24.5 Å². The number of hydrogen-bond acceptors (Lipinski definition) is 5. The van der Waals surface area contributed by atoms with Crippen molar-refractivity contribution in [3.8, 4) is 0 Å². The number of ether oxygens (including phenoxy) is 1. The molecule has 3 atom stereocenters. The zero-order chi connectivity index (χ0) is 42.4. The smallest absolute Gasteiger partial charge is 0.306 e. The second-order valence-corrected chi connectivity index (χ2v) is 17.9. The fraction of sp³-hybridized carbons (Fsp3) is 0.923. The number of hydrogen-bond donors (Lipinski definition) is 3. The second kappa shape index (κ2) is 46.7. The van der Waals surface area contributed by atoms with E-state index in [2.05, 4.69) is 38.2 Å². The molecule has 0 spiro atoms. The fourth-order valence-electron chi connectivity index (χ4n) is 8.14. The van der Waals surface area contributed by atoms with Crippen molar-refractivity contribution >= 4 is 11.9 Å². The van der Waals surface area contributed by atoms with Crippen molar-refractivity contribution in [1.29, 1.82) is 0 Å². The standard InChI is InChI=1S/C52H101NO5/c1-4-7-10-13-16-19-22-23-24-25-26-27-30-33-36-39-42-45-52(57)58-48(43-40-37-34-31-28-20-17-14-11-8-5-2)46-51(56)53-49(47-54)50(55)44-41-38-35-32-29-21-18-15-12-9-6-3/h31,34,48-50,54-55H,4-30,32-33,35-47H2,1-3H3,(H,53,56)/b34-31-. The first-order valence-corrected chi connectivity index (χ1v) is 25.9. The minimum absolute atomic E-state index is 0.0634. The van der Waals surface area contributed by atoms with Gasteiger partial charge in [-0.1, -0.05) is 238 Å². The van der Waals surface area contributed by atoms with Gasteiger partial charge in [0.1, 0.15) is 6.10 Å². The Bertz CT molecular complexity index is 878. The van der Waals surface area contributed by atoms with Gasteiger partial charge in [-0.15, -0.1) is 0 Å². The summed E-state index contributed by atoms with van der Waals surface area (Å²) < 4.78 is 5.91. The number of esters is 1. The van der Waals surface area contributed by atoms with Gasteiger partial charge in [-0.3, -0.25) is 9.59 Å². The molecule has 0 aliphatic carbocycles. The van der Waals surface area contributed by atoms with Crippen LogP contribution in [-0.2, 0) is 14.3 Å². The molecule has 0 aromatic heterocycles. The van der Waals surface area contributed by atoms with Gasteiger partial charge in [0.15, 0.2) is 0 Å². The van der Waals surface area contributed by atoms with Crippen molar-refractivity contribution in [1.82, 2.24) is 5.32 Å². The van der Waals surface area contributed by atoms with Gasteiger partial charge in [0, 0.05) is 6.42 Å². The van der Waals surface area contributed by atoms with Crippen molar-refractivity contribution in [3.63, 3.8) is 0 Å². The lowest BCUT2D eigenvalue weighted by Crippen LogP contribution is -2.46. The zero-order valence-corrected chi connectivity index (χ0v) is 39.2. The molecule has 344 valence electrons. The molecule has 0 fully saturated rings. The molecule has 0 saturated carbocycles. The number of allylic oxidation sites excluding steroid dienone is 2. The third kappa shape index (κ3) is 41.3. The summed E-state index contributed by atoms with van der Waals surface area (Å²) in [6.45, 7) is 6.48. The molecule has 0 radical (unpaired) electrons. The summed E-state index contributed by atoms with van der Waals surface area (Å²) in [6.07, 6.45) is 51.4. The molecule has 3 unspecified atom stereocenters. The van der Waals surface area contributed by atoms with Crippen LogP contribution in [0.4, 0.5) is 0 Å². The predicted octanol–water partition coefficient (Wildman–Crippen LogP) is 15.3. The molecular formula is C52H101NO5. The van der Waals surface area contributed by atoms with Gasteiger partial charge in [-0.2, -0.15) is 0 Å². The van der Waals surface area contributed by atoms with Gasteiger partial charge in [0.2, 0.25) is 5.91 Å². The van der Waals surface area contributed by atoms with Crippen LogP contribution < -0.4 is 5.32 Å². The number of rotatable bonds is 47. The highest BCUT2D eigenvalue weighted by Crippen LogP contribution is 2.18. The maximum absolute atomic E-state index is 13.2. The molecule has 0 bridgehead atoms. The molecule has 0 rings (SSSR count). The number of nitrogens with one attached hydrogen (secondary N) is 1. The van der Waals surface area contributed by atoms with Crippen LogP contribution in [0.15, 0.2) is 12.2 Å². The Morgan fingerprint density at radius 2 is 0.845 bits per heavy atom. The van der Waals surface area contributed by atoms with Crippen molar-refractivity contribution in [2.24, 2.45) is 0 Å². The van der Waals surface area contributed by atoms with Crippen LogP contribution in [0.5, 0.6) is 0 Å². The fourth-order valence-corrected chi connectivity index (χ4v) is 8.14. The largest absolute Gasteiger partial charge is 0.462 e. The van der Waals surface area contributed by atoms with E-state index in [1.54, 1.807) is 0 Å². The average molecular weight is 820 g/mol. The molecule has 0 aromatic rings. The van der Waals surface area contributed by atoms with Crippen LogP contribution in [0.1, 0.15) is 284 Å². The van der Waals surface area contributed by atoms with Gasteiger partial charge < -0.3 is 20.3 Å². The van der Waals surface area contributed by atoms with Crippen LogP contribution in [-0.4, -0.2) is 46.9 Å². The highest BCUT2D eigenvalue weighted by molar-refractivity contribution is 5.77. The quantitative estimate of drug-likeness (QED) is 0.0323. The molecule has 58 heavy (non-hydrogen) atoms. The monoisotopic (exact) mass is 820 g/mol. The van der Waals surface area contributed by atoms with Crippen LogP contribution in [0, 0.1) is 0 Å². The van der Waals surface area contributed by atoms with Crippen molar-refractivity contribution in [3.05, 3.63) is 12.2 Å². The number of aliphatic hydroxyl groups excluding tert-OH is 2. The topological polar surface area (TPSA) is 95.9 Å². The van der Waals surface area contributed by atoms with Crippen molar-refractivity contribution in [2.45, 2.75) is 302 Å². The van der Waals surface area contributed by atoms with E-state index in [4.69, 9.17) is 4.74 Å². The number of unbranched alkanes of at least 4 members (excludes halogenated alkanes) is 33. The lowest BCUT2D eigenvalue weighted by Gasteiger charge is -2.24. The number of amides is 1. The molecule has 0 saturated heterocycles. The number of aliphatic hydroxyl groups is 2. The van der Waals surface area contributed by atoms with Gasteiger partial charge in [0.05, 0.1) is 25.2 Å². The Morgan fingerprint density at radius 1 is 0.483 bits per heavy atom. The third-order valence-corrected chi connectivity index (χ3v) is 12.1. The molecule has 0 aliphatic rings. The third-order valence-electron chi connectivity index (χ3n) is 12.1. The summed E-state index contributed by atoms with van der Waals surface area (Å²) in [5, 5.41) is 23.7. The van der Waals surface area contributed by atoms with Crippen LogP contribution in [0.2, 0.25) is 0 Å². The number of carbonyl (C=O) groups is 2. The summed E-state index contributed by atoms with van der Waals surface area (Å²) in [5.41, 5.74) is 0. The van der Waals surface area contributed by atoms with E-state index in [0.29, 0.717) is 19.3 Å². The van der Waals surface area contributed by atoms with E-state index < -0.39 is 18.2 Å². The molecule has 1 amide bonds. The molecule has 6 nitrogen and oxygen atoms in total. The molecule has 6 heteroatoms. The Morgan fingerprint density at radius 3 is 1.26 bits per heavy atom. The Hall–Kier alpha value is -1.40. The molecular weight excluding hydrogens is 719 g/mol. The van der Waals surface area contributed by atoms with E-state index in [9.17, 15) is 19.8 Å². The maximum Gasteiger partial charge on any atom is 0.306 e. The Kier molecular flexibility index (Phi) is 45.5. The SMILES string of the molecule is CCCCCCCC/C=C\CCCC(CC(=O)NC(CO)C(O)CCCCCCCCCCCCC)OC(=O)CCCCCCCCCCCCCCCCCCC. The van der Waals surface area contributed by atoms with Gasteiger partial charge in [-0.05, 0) is 44.9 Å². The van der Waals surface area contributed by atoms with E-state index in [-0.39, 0.29) is 24.9 Å². The van der Waals surface area contributed by atoms with Gasteiger partial charge in [-0.25, -0.2) is 0 Å². The highest BCUT2D eigenvalue weighted by atomic mass is 16.5. The molecule has 0 aliphatic heterocycles. The van der Waals surface area contributed by atoms with Crippen LogP contribution in [0.25, 0.3) is 0 Å². The normalized spacial score (nSPS) is 13.3. The minimum atomic E-state index is -0.787. The van der Waals surface area contributed by atoms with E-state index >= 15 is 0 Å². The second-order valence-electron chi connectivity index (χ2n) is 17.9. The summed E-state index contributed by atoms with van der Waals surface area (Å²) in [7, 11) is 0. The van der Waals surface area contributed by atoms with E-state index in [0.717, 1.165) is 51.4 Å². The predicted molar refractivity (Wildman–Crippen MR) is 250 cm³/mol. The van der Waals surface area contributed by atoms with Gasteiger partial charge in [0.25, 0.3) is 0 Å². The summed E-state index contributed by atoms with van der Waals surface area (Å²) >= 11 is 0. The van der Waals surface area contributed by atoms with E-state index in [1.165, 1.54) is 186 Å². The first-order valence-electron chi connectivity index (χ1n) is 25.9. The summed E-state index contributed by atoms with van der Waals surface area (Å²) in [6, 6.07) is -0.702. The lowest BCUT2D eigenvalue weighted by molar-refractivity contribution is -0.151. The summed E-state index contributed by atoms with van der Waals surface area (Å²) in [4.78, 5) is 26.1. The zero-order valence-electron chi connectivity index (χ0n) is 39.2. The Balaban J connectivity index is 4.49. The highest BCUT2D eigenvalue weighted by Gasteiger charge is 2.24.